The van der Waals surface area contributed by atoms with Crippen molar-refractivity contribution in [2.75, 3.05) is 19.6 Å². The van der Waals surface area contributed by atoms with Crippen LogP contribution in [0.2, 0.25) is 0 Å². The van der Waals surface area contributed by atoms with Crippen LogP contribution in [-0.4, -0.2) is 45.4 Å². The number of phenols is 1. The van der Waals surface area contributed by atoms with Gasteiger partial charge in [-0.1, -0.05) is 44.2 Å². The summed E-state index contributed by atoms with van der Waals surface area (Å²) in [6.07, 6.45) is 4.09. The van der Waals surface area contributed by atoms with Crippen molar-refractivity contribution in [1.29, 1.82) is 0 Å². The van der Waals surface area contributed by atoms with E-state index in [1.54, 1.807) is 12.3 Å². The molecular formula is C23H28N4O. The molecule has 0 unspecified atom stereocenters. The lowest BCUT2D eigenvalue weighted by Crippen LogP contribution is -2.26. The molecule has 0 amide bonds. The van der Waals surface area contributed by atoms with E-state index in [4.69, 9.17) is 4.98 Å². The zero-order chi connectivity index (χ0) is 19.9. The van der Waals surface area contributed by atoms with Gasteiger partial charge in [0.1, 0.15) is 5.75 Å². The first kappa shape index (κ1) is 19.8. The fourth-order valence-corrected chi connectivity index (χ4v) is 3.33. The number of phenolic OH excluding ortho intramolecular Hbond substituents is 1. The van der Waals surface area contributed by atoms with Gasteiger partial charge in [-0.05, 0) is 43.3 Å². The highest BCUT2D eigenvalue weighted by Crippen LogP contribution is 2.24. The molecule has 3 rings (SSSR count). The number of aromatic hydroxyl groups is 1. The summed E-state index contributed by atoms with van der Waals surface area (Å²) in [5.41, 5.74) is 3.53. The summed E-state index contributed by atoms with van der Waals surface area (Å²) in [5, 5.41) is 10.5. The fourth-order valence-electron chi connectivity index (χ4n) is 3.33. The number of hydrogen-bond donors (Lipinski definition) is 1. The molecule has 0 radical (unpaired) electrons. The smallest absolute Gasteiger partial charge is 0.230 e. The number of aliphatic imine (C=N–C) groups is 1. The highest BCUT2D eigenvalue weighted by atomic mass is 16.3. The molecular weight excluding hydrogens is 348 g/mol. The van der Waals surface area contributed by atoms with Gasteiger partial charge in [0.15, 0.2) is 0 Å². The molecule has 2 aromatic carbocycles. The van der Waals surface area contributed by atoms with Gasteiger partial charge in [0, 0.05) is 24.9 Å². The zero-order valence-corrected chi connectivity index (χ0v) is 16.7. The summed E-state index contributed by atoms with van der Waals surface area (Å²) in [6, 6.07) is 13.8. The molecule has 0 aliphatic carbocycles. The van der Waals surface area contributed by atoms with E-state index in [0.717, 1.165) is 42.8 Å². The van der Waals surface area contributed by atoms with Crippen LogP contribution in [0.15, 0.2) is 60.1 Å². The van der Waals surface area contributed by atoms with Crippen LogP contribution in [-0.2, 0) is 13.0 Å². The Labute approximate surface area is 166 Å². The minimum atomic E-state index is 0.247. The second-order valence-corrected chi connectivity index (χ2v) is 6.69. The van der Waals surface area contributed by atoms with Crippen LogP contribution in [0.5, 0.6) is 5.75 Å². The minimum absolute atomic E-state index is 0.247. The van der Waals surface area contributed by atoms with Crippen LogP contribution in [0.25, 0.3) is 11.0 Å². The van der Waals surface area contributed by atoms with Crippen molar-refractivity contribution >= 4 is 23.2 Å². The van der Waals surface area contributed by atoms with Gasteiger partial charge in [-0.25, -0.2) is 9.98 Å². The number of para-hydroxylation sites is 3. The predicted molar refractivity (Wildman–Crippen MR) is 117 cm³/mol. The van der Waals surface area contributed by atoms with Gasteiger partial charge in [0.25, 0.3) is 0 Å². The first-order chi connectivity index (χ1) is 13.7. The maximum Gasteiger partial charge on any atom is 0.230 e. The molecule has 0 saturated heterocycles. The van der Waals surface area contributed by atoms with E-state index in [1.807, 2.05) is 36.4 Å². The second-order valence-electron chi connectivity index (χ2n) is 6.69. The second kappa shape index (κ2) is 9.33. The molecule has 1 heterocycles. The maximum atomic E-state index is 10.5. The molecule has 28 heavy (non-hydrogen) atoms. The highest BCUT2D eigenvalue weighted by molar-refractivity contribution is 5.86. The van der Waals surface area contributed by atoms with Crippen molar-refractivity contribution in [2.45, 2.75) is 26.8 Å². The Morgan fingerprint density at radius 1 is 1.14 bits per heavy atom. The van der Waals surface area contributed by atoms with Crippen LogP contribution >= 0.6 is 0 Å². The van der Waals surface area contributed by atoms with Gasteiger partial charge in [-0.2, -0.15) is 0 Å². The van der Waals surface area contributed by atoms with Crippen LogP contribution in [0.1, 0.15) is 25.0 Å². The average molecular weight is 377 g/mol. The first-order valence-corrected chi connectivity index (χ1v) is 9.81. The molecule has 146 valence electrons. The Kier molecular flexibility index (Phi) is 6.61. The van der Waals surface area contributed by atoms with Gasteiger partial charge in [-0.3, -0.25) is 0 Å². The number of aromatic nitrogens is 2. The molecule has 0 fully saturated rings. The topological polar surface area (TPSA) is 53.7 Å². The number of hydrogen-bond acceptors (Lipinski definition) is 4. The van der Waals surface area contributed by atoms with Crippen LogP contribution in [0.4, 0.5) is 5.95 Å². The van der Waals surface area contributed by atoms with Crippen molar-refractivity contribution in [1.82, 2.24) is 14.5 Å². The first-order valence-electron chi connectivity index (χ1n) is 9.81. The molecule has 3 aromatic rings. The maximum absolute atomic E-state index is 10.5. The summed E-state index contributed by atoms with van der Waals surface area (Å²) < 4.78 is 2.15. The van der Waals surface area contributed by atoms with Gasteiger partial charge in [0.05, 0.1) is 11.0 Å². The molecule has 1 aromatic heterocycles. The Morgan fingerprint density at radius 3 is 2.68 bits per heavy atom. The SMILES string of the molecule is C=CCc1cccc(/C=N/c2nc3ccccc3n2CCN(CC)CC)c1O. The van der Waals surface area contributed by atoms with E-state index in [-0.39, 0.29) is 5.75 Å². The third-order valence-corrected chi connectivity index (χ3v) is 5.00. The third kappa shape index (κ3) is 4.31. The van der Waals surface area contributed by atoms with Crippen molar-refractivity contribution in [3.63, 3.8) is 0 Å². The van der Waals surface area contributed by atoms with E-state index in [1.165, 1.54) is 0 Å². The van der Waals surface area contributed by atoms with E-state index >= 15 is 0 Å². The lowest BCUT2D eigenvalue weighted by Gasteiger charge is -2.18. The molecule has 0 bridgehead atoms. The van der Waals surface area contributed by atoms with Crippen molar-refractivity contribution in [2.24, 2.45) is 4.99 Å². The lowest BCUT2D eigenvalue weighted by molar-refractivity contribution is 0.292. The van der Waals surface area contributed by atoms with Crippen LogP contribution in [0, 0.1) is 0 Å². The van der Waals surface area contributed by atoms with Crippen LogP contribution < -0.4 is 0 Å². The van der Waals surface area contributed by atoms with E-state index in [0.29, 0.717) is 17.9 Å². The molecule has 5 heteroatoms. The number of imidazole rings is 1. The Bertz CT molecular complexity index is 970. The lowest BCUT2D eigenvalue weighted by atomic mass is 10.1. The summed E-state index contributed by atoms with van der Waals surface area (Å²) in [6.45, 7) is 11.9. The highest BCUT2D eigenvalue weighted by Gasteiger charge is 2.11. The summed E-state index contributed by atoms with van der Waals surface area (Å²) in [7, 11) is 0. The van der Waals surface area contributed by atoms with Crippen LogP contribution in [0.3, 0.4) is 0 Å². The molecule has 0 aliphatic heterocycles. The average Bonchev–Trinajstić information content (AvgIpc) is 3.07. The van der Waals surface area contributed by atoms with Gasteiger partial charge in [-0.15, -0.1) is 6.58 Å². The Balaban J connectivity index is 1.94. The molecule has 5 nitrogen and oxygen atoms in total. The standard InChI is InChI=1S/C23H28N4O/c1-4-10-18-11-9-12-19(22(18)28)17-24-23-25-20-13-7-8-14-21(20)27(23)16-15-26(5-2)6-3/h4,7-9,11-14,17,28H,1,5-6,10,15-16H2,2-3H3/b24-17+. The largest absolute Gasteiger partial charge is 0.507 e. The fraction of sp³-hybridized carbons (Fsp3) is 0.304. The number of allylic oxidation sites excluding steroid dienone is 1. The molecule has 0 spiro atoms. The number of benzene rings is 2. The number of likely N-dealkylation sites (N-methyl/N-ethyl adjacent to an activating group) is 1. The third-order valence-electron chi connectivity index (χ3n) is 5.00. The van der Waals surface area contributed by atoms with Gasteiger partial charge >= 0.3 is 0 Å². The summed E-state index contributed by atoms with van der Waals surface area (Å²) >= 11 is 0. The van der Waals surface area contributed by atoms with Gasteiger partial charge in [0.2, 0.25) is 5.95 Å². The predicted octanol–water partition coefficient (Wildman–Crippen LogP) is 4.56. The number of nitrogens with zero attached hydrogens (tertiary/aromatic N) is 4. The number of fused-ring (bicyclic) bond motifs is 1. The Hall–Kier alpha value is -2.92. The monoisotopic (exact) mass is 376 g/mol. The zero-order valence-electron chi connectivity index (χ0n) is 16.7. The van der Waals surface area contributed by atoms with E-state index in [2.05, 4.69) is 41.0 Å². The van der Waals surface area contributed by atoms with E-state index < -0.39 is 0 Å². The number of rotatable bonds is 9. The van der Waals surface area contributed by atoms with Crippen molar-refractivity contribution in [3.8, 4) is 5.75 Å². The van der Waals surface area contributed by atoms with Crippen molar-refractivity contribution < 1.29 is 5.11 Å². The summed E-state index contributed by atoms with van der Waals surface area (Å²) in [5.74, 6) is 0.902. The van der Waals surface area contributed by atoms with Gasteiger partial charge < -0.3 is 14.6 Å². The summed E-state index contributed by atoms with van der Waals surface area (Å²) in [4.78, 5) is 11.7. The minimum Gasteiger partial charge on any atom is -0.507 e. The van der Waals surface area contributed by atoms with Crippen molar-refractivity contribution in [3.05, 3.63) is 66.2 Å². The molecule has 0 aliphatic rings. The normalized spacial score (nSPS) is 11.7. The van der Waals surface area contributed by atoms with E-state index in [9.17, 15) is 5.11 Å². The molecule has 0 atom stereocenters. The molecule has 1 N–H and O–H groups in total. The quantitative estimate of drug-likeness (QED) is 0.440. The Morgan fingerprint density at radius 2 is 1.93 bits per heavy atom. The molecule has 0 saturated carbocycles.